The number of nitrogens with two attached hydrogens (primary N) is 2. The Morgan fingerprint density at radius 3 is 1.23 bits per heavy atom. The van der Waals surface area contributed by atoms with Crippen molar-refractivity contribution in [2.45, 2.75) is 21.3 Å². The van der Waals surface area contributed by atoms with Crippen LogP contribution in [0.2, 0.25) is 0 Å². The maximum Gasteiger partial charge on any atom is 1.00 e. The zero-order valence-corrected chi connectivity index (χ0v) is 93.4. The normalized spacial score (nSPS) is 7.77. The number of anilines is 1. The number of carbonyl (C=O) groups excluding carboxylic acids is 10. The van der Waals surface area contributed by atoms with Crippen molar-refractivity contribution >= 4 is 66.4 Å². The van der Waals surface area contributed by atoms with Gasteiger partial charge in [0.2, 0.25) is 0 Å². The molecule has 370 valence electrons. The van der Waals surface area contributed by atoms with Gasteiger partial charge in [0.25, 0.3) is 0 Å². The number of aliphatic carboxylic acids is 2. The molecule has 3 aromatic rings. The number of nitrogen functional groups attached to an aromatic ring is 1. The van der Waals surface area contributed by atoms with Crippen molar-refractivity contribution in [1.82, 2.24) is 20.3 Å². The molecule has 0 radical (unpaired) electrons. The Bertz CT molecular complexity index is 2270. The first-order valence-electron chi connectivity index (χ1n) is 16.0. The monoisotopic (exact) mass is 1850 g/mol. The van der Waals surface area contributed by atoms with Crippen LogP contribution in [0.15, 0.2) is 42.6 Å². The van der Waals surface area contributed by atoms with Gasteiger partial charge in [0, 0.05) is 54.0 Å². The maximum atomic E-state index is 10.3. The van der Waals surface area contributed by atoms with Crippen molar-refractivity contribution in [3.8, 4) is 18.2 Å². The molecule has 78 heavy (non-hydrogen) atoms. The summed E-state index contributed by atoms with van der Waals surface area (Å²) in [6.45, 7) is 9.55. The van der Waals surface area contributed by atoms with E-state index in [9.17, 15) is 78.9 Å². The van der Waals surface area contributed by atoms with Crippen LogP contribution in [0.4, 0.5) is 5.69 Å². The molecule has 0 bridgehead atoms. The summed E-state index contributed by atoms with van der Waals surface area (Å²) in [5.41, 5.74) is 6.64. The second kappa shape index (κ2) is 82.9. The number of aromatic amines is 3. The number of nitriles is 3. The van der Waals surface area contributed by atoms with Crippen LogP contribution in [0.1, 0.15) is 88.0 Å². The summed E-state index contributed by atoms with van der Waals surface area (Å²) in [6, 6.07) is 4.50. The fourth-order valence-electron chi connectivity index (χ4n) is 3.19. The fourth-order valence-corrected chi connectivity index (χ4v) is 3.19. The van der Waals surface area contributed by atoms with Gasteiger partial charge >= 0.3 is 599 Å². The second-order valence-electron chi connectivity index (χ2n) is 9.85. The Morgan fingerprint density at radius 1 is 0.628 bits per heavy atom. The van der Waals surface area contributed by atoms with Crippen LogP contribution in [0.25, 0.3) is 0 Å². The zero-order valence-electron chi connectivity index (χ0n) is 43.3. The number of nitrogens with zero attached hydrogens (tertiary/aromatic N) is 4. The van der Waals surface area contributed by atoms with Crippen molar-refractivity contribution in [1.29, 1.82) is 21.0 Å². The number of aromatic carboxylic acids is 6. The van der Waals surface area contributed by atoms with Crippen LogP contribution >= 0.6 is 0 Å². The van der Waals surface area contributed by atoms with E-state index in [4.69, 9.17) is 43.3 Å². The first-order valence-corrected chi connectivity index (χ1v) is 16.0. The van der Waals surface area contributed by atoms with E-state index in [1.54, 1.807) is 13.0 Å². The molecule has 42 heteroatoms. The molecule has 0 saturated heterocycles. The Labute approximate surface area is 944 Å². The van der Waals surface area contributed by atoms with E-state index in [2.05, 4.69) is 40.2 Å². The van der Waals surface area contributed by atoms with Gasteiger partial charge in [0.05, 0.1) is 107 Å². The van der Waals surface area contributed by atoms with E-state index in [1.807, 2.05) is 0 Å². The summed E-state index contributed by atoms with van der Waals surface area (Å²) in [6.07, 6.45) is 4.87. The molecule has 8 N–H and O–H groups in total. The molecule has 3 rings (SSSR count). The molecule has 0 aliphatic carbocycles. The predicted octanol–water partition coefficient (Wildman–Crippen LogP) is -40.3. The number of carboxylic acid groups (broad SMARTS) is 8. The number of H-pyrrole nitrogens is 3. The topological polar surface area (TPSA) is 589 Å². The number of allylic oxidation sites excluding steroid dienone is 2. The molecule has 0 atom stereocenters. The largest absolute Gasteiger partial charge is 1.00 e. The van der Waals surface area contributed by atoms with Gasteiger partial charge in [-0.25, -0.2) is 10.5 Å². The van der Waals surface area contributed by atoms with Crippen molar-refractivity contribution in [3.63, 3.8) is 0 Å². The van der Waals surface area contributed by atoms with Gasteiger partial charge in [-0.3, -0.25) is 0 Å². The third-order valence-electron chi connectivity index (χ3n) is 5.85. The maximum absolute atomic E-state index is 10.3. The second-order valence-corrected chi connectivity index (χ2v) is 9.85. The number of ether oxygens (including phenoxy) is 3. The van der Waals surface area contributed by atoms with Crippen LogP contribution in [0.5, 0.6) is 0 Å². The van der Waals surface area contributed by atoms with Gasteiger partial charge in [-0.05, 0) is 25.6 Å². The number of carbonyl (C=O) groups is 8. The first-order chi connectivity index (χ1) is 31.0. The Hall–Kier alpha value is 7.91. The number of carboxylic acids is 8. The number of aromatic nitrogens is 3. The summed E-state index contributed by atoms with van der Waals surface area (Å²) in [5, 5.41) is 114. The average molecular weight is 1860 g/mol. The first kappa shape index (κ1) is 127. The Morgan fingerprint density at radius 2 is 0.974 bits per heavy atom. The summed E-state index contributed by atoms with van der Waals surface area (Å²) < 4.78 is 12.7. The molecule has 0 aliphatic rings. The summed E-state index contributed by atoms with van der Waals surface area (Å²) >= 11 is 0. The molecular formula is C36H29CuN10O21Rb10. The molecule has 0 unspecified atom stereocenters. The Balaban J connectivity index is -0.0000000412. The third-order valence-corrected chi connectivity index (χ3v) is 5.85. The van der Waals surface area contributed by atoms with Crippen LogP contribution in [0, 0.1) is 52.8 Å². The molecule has 0 saturated carbocycles. The van der Waals surface area contributed by atoms with Crippen molar-refractivity contribution in [2.24, 2.45) is 5.73 Å². The molecule has 3 aromatic heterocycles. The van der Waals surface area contributed by atoms with Gasteiger partial charge in [0.1, 0.15) is 6.07 Å². The molecule has 0 amide bonds. The minimum atomic E-state index is -1.64. The van der Waals surface area contributed by atoms with Crippen LogP contribution in [0.3, 0.4) is 0 Å². The minimum Gasteiger partial charge on any atom is -0.601 e. The Kier molecular flexibility index (Phi) is 135. The molecule has 0 aromatic carbocycles. The summed E-state index contributed by atoms with van der Waals surface area (Å²) in [4.78, 5) is 106. The average Bonchev–Trinajstić information content (AvgIpc) is 4.00. The number of nitrogens with one attached hydrogen (secondary N) is 4. The summed E-state index contributed by atoms with van der Waals surface area (Å²) in [5.74, 6) is -12.3. The quantitative estimate of drug-likeness (QED) is 0.0336. The van der Waals surface area contributed by atoms with Crippen molar-refractivity contribution in [3.05, 3.63) is 94.0 Å². The number of hydrogen-bond donors (Lipinski definition) is 6. The van der Waals surface area contributed by atoms with Crippen molar-refractivity contribution < 1.29 is 702 Å². The van der Waals surface area contributed by atoms with E-state index in [0.29, 0.717) is 6.61 Å². The van der Waals surface area contributed by atoms with E-state index >= 15 is 0 Å². The molecular weight excluding hydrogens is 1830 g/mol. The fraction of sp³-hybridized carbons (Fsp3) is 0.167. The smallest absolute Gasteiger partial charge is 0.601 e. The van der Waals surface area contributed by atoms with Gasteiger partial charge in [0.15, 0.2) is 12.9 Å². The van der Waals surface area contributed by atoms with Crippen LogP contribution in [-0.4, -0.2) is 95.3 Å². The molecule has 0 aliphatic heterocycles. The van der Waals surface area contributed by atoms with E-state index in [0.717, 1.165) is 44.0 Å². The molecule has 0 fully saturated rings. The van der Waals surface area contributed by atoms with E-state index in [1.165, 1.54) is 19.1 Å². The van der Waals surface area contributed by atoms with Gasteiger partial charge in [-0.15, -0.1) is 0 Å². The van der Waals surface area contributed by atoms with Gasteiger partial charge in [-0.2, -0.15) is 5.26 Å². The standard InChI is InChI=1S/C7H4N2O4.C7H7NO4.C6H6N2O4.C6H5N2O4.C6H6NO3.C2H5NO2.CN.CH4.Cu.10Rb/c8-1-3-4(6(10)11)2-9-5(3)7(12)13;1-3-4(6(9)10)2-8-5(3)7(11)12;7-3-2(5(9)10)1-8-4(3)6(11)12;7-1-5(12-4-9)2-8-3-6(10)11;1-2-9-4-6(3-7)10-5-8;3-1-2(4)5;1-2;;;;;;;;;;;;/h2,9H,(H,10,11)(H,12,13);2,8H,1H3,(H,9,10)(H,11,12);1,8H,7H2,(H,9,10)(H,11,12);2,8H,3H2,(H,10,11);4H,2H2,1H3;1,3H2,(H,4,5);;1H4;;;;;;;;;;;/q;;;2*-1;;-1;;11*+1/p-8/b;;;5-2+;6-4+;;;;;;;;;;;;;;. The third kappa shape index (κ3) is 64.0. The zero-order chi connectivity index (χ0) is 52.1. The molecule has 3 heterocycles. The van der Waals surface area contributed by atoms with Crippen LogP contribution < -0.4 is 640 Å². The summed E-state index contributed by atoms with van der Waals surface area (Å²) in [7, 11) is 0. The molecule has 0 spiro atoms. The minimum absolute atomic E-state index is 0. The predicted molar refractivity (Wildman–Crippen MR) is 194 cm³/mol. The molecule has 31 nitrogen and oxygen atoms in total. The number of hydrogen-bond acceptors (Lipinski definition) is 28. The van der Waals surface area contributed by atoms with E-state index in [-0.39, 0.29) is 653 Å². The van der Waals surface area contributed by atoms with Crippen LogP contribution in [-0.2, 0) is 50.5 Å². The van der Waals surface area contributed by atoms with E-state index < -0.39 is 76.8 Å². The van der Waals surface area contributed by atoms with Gasteiger partial charge < -0.3 is 147 Å². The van der Waals surface area contributed by atoms with Gasteiger partial charge in [-0.1, -0.05) is 7.43 Å². The number of rotatable bonds is 16. The van der Waals surface area contributed by atoms with Crippen molar-refractivity contribution in [2.75, 3.05) is 25.4 Å². The SMILES string of the molecule is C.CCO/C=C(\C#N)O[C-]=O.Cc1c(C(=O)[O-])c[nH]c1C(=O)[O-].N#C/C(=C\NCC(=O)[O-])O[C-]=O.N#Cc1c(C(=O)[O-])c[nH]c1C(=O)[O-].NCC(=O)[O-].Nc1c(C(=O)[O-])c[nH]c1C(=O)[O-].[C-]#N.[Cu+].[Rb+].[Rb+].[Rb+].[Rb+].[Rb+].[Rb+].[Rb+].[Rb+].[Rb+].[Rb+].